The van der Waals surface area contributed by atoms with E-state index in [1.54, 1.807) is 54.9 Å². The SMILES string of the molecule is COC(=O)c1cccc(NC(=O)c2ccc(C(=O)NCc3ccncc3)cc2)c1. The molecule has 3 aromatic rings. The van der Waals surface area contributed by atoms with Crippen LogP contribution in [0.1, 0.15) is 36.6 Å². The minimum absolute atomic E-state index is 0.237. The van der Waals surface area contributed by atoms with E-state index in [4.69, 9.17) is 0 Å². The smallest absolute Gasteiger partial charge is 0.337 e. The highest BCUT2D eigenvalue weighted by atomic mass is 16.5. The van der Waals surface area contributed by atoms with Crippen LogP contribution in [0.3, 0.4) is 0 Å². The Labute approximate surface area is 167 Å². The lowest BCUT2D eigenvalue weighted by Crippen LogP contribution is -2.23. The van der Waals surface area contributed by atoms with E-state index in [1.165, 1.54) is 13.2 Å². The molecule has 0 radical (unpaired) electrons. The molecule has 7 nitrogen and oxygen atoms in total. The summed E-state index contributed by atoms with van der Waals surface area (Å²) in [5, 5.41) is 5.53. The van der Waals surface area contributed by atoms with Crippen LogP contribution in [0.25, 0.3) is 0 Å². The van der Waals surface area contributed by atoms with Gasteiger partial charge in [-0.2, -0.15) is 0 Å². The van der Waals surface area contributed by atoms with Crippen molar-refractivity contribution in [3.8, 4) is 0 Å². The number of carbonyl (C=O) groups is 3. The van der Waals surface area contributed by atoms with Gasteiger partial charge in [-0.3, -0.25) is 14.6 Å². The lowest BCUT2D eigenvalue weighted by atomic mass is 10.1. The van der Waals surface area contributed by atoms with Gasteiger partial charge in [-0.25, -0.2) is 4.79 Å². The van der Waals surface area contributed by atoms with Crippen molar-refractivity contribution in [3.63, 3.8) is 0 Å². The Morgan fingerprint density at radius 3 is 2.17 bits per heavy atom. The van der Waals surface area contributed by atoms with Gasteiger partial charge >= 0.3 is 5.97 Å². The van der Waals surface area contributed by atoms with Crippen LogP contribution in [0.5, 0.6) is 0 Å². The third-order valence-electron chi connectivity index (χ3n) is 4.15. The Bertz CT molecular complexity index is 1020. The van der Waals surface area contributed by atoms with E-state index < -0.39 is 5.97 Å². The first kappa shape index (κ1) is 19.8. The Hall–Kier alpha value is -4.00. The van der Waals surface area contributed by atoms with Gasteiger partial charge in [0.15, 0.2) is 0 Å². The topological polar surface area (TPSA) is 97.4 Å². The minimum atomic E-state index is -0.483. The highest BCUT2D eigenvalue weighted by Crippen LogP contribution is 2.14. The molecule has 0 bridgehead atoms. The highest BCUT2D eigenvalue weighted by Gasteiger charge is 2.11. The average molecular weight is 389 g/mol. The number of carbonyl (C=O) groups excluding carboxylic acids is 3. The van der Waals surface area contributed by atoms with Crippen LogP contribution in [0.4, 0.5) is 5.69 Å². The van der Waals surface area contributed by atoms with E-state index in [0.29, 0.717) is 28.9 Å². The van der Waals surface area contributed by atoms with E-state index in [0.717, 1.165) is 5.56 Å². The van der Waals surface area contributed by atoms with Crippen molar-refractivity contribution in [2.75, 3.05) is 12.4 Å². The van der Waals surface area contributed by atoms with Crippen LogP contribution in [-0.4, -0.2) is 29.9 Å². The van der Waals surface area contributed by atoms with Crippen LogP contribution >= 0.6 is 0 Å². The van der Waals surface area contributed by atoms with Crippen LogP contribution in [0, 0.1) is 0 Å². The molecule has 7 heteroatoms. The molecule has 0 aliphatic carbocycles. The Kier molecular flexibility index (Phi) is 6.32. The van der Waals surface area contributed by atoms with E-state index in [-0.39, 0.29) is 11.8 Å². The summed E-state index contributed by atoms with van der Waals surface area (Å²) in [6.45, 7) is 0.389. The summed E-state index contributed by atoms with van der Waals surface area (Å²) in [6.07, 6.45) is 3.32. The molecule has 0 spiro atoms. The molecule has 2 N–H and O–H groups in total. The normalized spacial score (nSPS) is 10.1. The fraction of sp³-hybridized carbons (Fsp3) is 0.0909. The van der Waals surface area contributed by atoms with Gasteiger partial charge in [-0.1, -0.05) is 6.07 Å². The standard InChI is InChI=1S/C22H19N3O4/c1-29-22(28)18-3-2-4-19(13-18)25-21(27)17-7-5-16(6-8-17)20(26)24-14-15-9-11-23-12-10-15/h2-13H,14H2,1H3,(H,24,26)(H,25,27). The van der Waals surface area contributed by atoms with Crippen molar-refractivity contribution in [2.45, 2.75) is 6.54 Å². The van der Waals surface area contributed by atoms with Gasteiger partial charge in [-0.15, -0.1) is 0 Å². The predicted octanol–water partition coefficient (Wildman–Crippen LogP) is 3.05. The second kappa shape index (κ2) is 9.27. The molecular formula is C22H19N3O4. The van der Waals surface area contributed by atoms with Gasteiger partial charge in [-0.05, 0) is 60.2 Å². The number of nitrogens with one attached hydrogen (secondary N) is 2. The van der Waals surface area contributed by atoms with E-state index in [1.807, 2.05) is 12.1 Å². The zero-order valence-electron chi connectivity index (χ0n) is 15.7. The summed E-state index contributed by atoms with van der Waals surface area (Å²) in [6, 6.07) is 16.4. The van der Waals surface area contributed by atoms with Gasteiger partial charge in [0.25, 0.3) is 11.8 Å². The molecule has 2 aromatic carbocycles. The van der Waals surface area contributed by atoms with Gasteiger partial charge < -0.3 is 15.4 Å². The second-order valence-corrected chi connectivity index (χ2v) is 6.14. The lowest BCUT2D eigenvalue weighted by Gasteiger charge is -2.08. The minimum Gasteiger partial charge on any atom is -0.465 e. The van der Waals surface area contributed by atoms with Gasteiger partial charge in [0.2, 0.25) is 0 Å². The van der Waals surface area contributed by atoms with Crippen LogP contribution in [0.2, 0.25) is 0 Å². The van der Waals surface area contributed by atoms with Crippen molar-refractivity contribution in [2.24, 2.45) is 0 Å². The van der Waals surface area contributed by atoms with Crippen molar-refractivity contribution < 1.29 is 19.1 Å². The van der Waals surface area contributed by atoms with Crippen molar-refractivity contribution >= 4 is 23.5 Å². The summed E-state index contributed by atoms with van der Waals surface area (Å²) in [4.78, 5) is 40.2. The third kappa shape index (κ3) is 5.26. The fourth-order valence-electron chi connectivity index (χ4n) is 2.60. The summed E-state index contributed by atoms with van der Waals surface area (Å²) in [7, 11) is 1.29. The number of esters is 1. The first-order chi connectivity index (χ1) is 14.1. The van der Waals surface area contributed by atoms with E-state index in [9.17, 15) is 14.4 Å². The zero-order chi connectivity index (χ0) is 20.6. The number of methoxy groups -OCH3 is 1. The number of aromatic nitrogens is 1. The maximum atomic E-state index is 12.4. The monoisotopic (exact) mass is 389 g/mol. The van der Waals surface area contributed by atoms with Crippen LogP contribution < -0.4 is 10.6 Å². The number of amides is 2. The van der Waals surface area contributed by atoms with E-state index >= 15 is 0 Å². The third-order valence-corrected chi connectivity index (χ3v) is 4.15. The summed E-state index contributed by atoms with van der Waals surface area (Å²) < 4.78 is 4.67. The first-order valence-corrected chi connectivity index (χ1v) is 8.84. The average Bonchev–Trinajstić information content (AvgIpc) is 2.78. The van der Waals surface area contributed by atoms with Crippen molar-refractivity contribution in [1.29, 1.82) is 0 Å². The summed E-state index contributed by atoms with van der Waals surface area (Å²) in [5.74, 6) is -1.07. The number of anilines is 1. The maximum Gasteiger partial charge on any atom is 0.337 e. The largest absolute Gasteiger partial charge is 0.465 e. The molecule has 146 valence electrons. The number of hydrogen-bond donors (Lipinski definition) is 2. The quantitative estimate of drug-likeness (QED) is 0.632. The summed E-state index contributed by atoms with van der Waals surface area (Å²) in [5.41, 5.74) is 2.59. The van der Waals surface area contributed by atoms with Crippen molar-refractivity contribution in [3.05, 3.63) is 95.3 Å². The number of rotatable bonds is 6. The molecule has 0 unspecified atom stereocenters. The maximum absolute atomic E-state index is 12.4. The highest BCUT2D eigenvalue weighted by molar-refractivity contribution is 6.05. The molecule has 2 amide bonds. The number of nitrogens with zero attached hydrogens (tertiary/aromatic N) is 1. The fourth-order valence-corrected chi connectivity index (χ4v) is 2.60. The number of ether oxygens (including phenoxy) is 1. The summed E-state index contributed by atoms with van der Waals surface area (Å²) >= 11 is 0. The molecule has 0 aliphatic heterocycles. The van der Waals surface area contributed by atoms with Gasteiger partial charge in [0, 0.05) is 35.8 Å². The number of benzene rings is 2. The predicted molar refractivity (Wildman–Crippen MR) is 108 cm³/mol. The first-order valence-electron chi connectivity index (χ1n) is 8.84. The molecule has 1 heterocycles. The van der Waals surface area contributed by atoms with Crippen LogP contribution in [-0.2, 0) is 11.3 Å². The zero-order valence-corrected chi connectivity index (χ0v) is 15.7. The molecule has 3 rings (SSSR count). The molecule has 1 aromatic heterocycles. The molecule has 0 saturated carbocycles. The van der Waals surface area contributed by atoms with Crippen molar-refractivity contribution in [1.82, 2.24) is 10.3 Å². The molecule has 29 heavy (non-hydrogen) atoms. The van der Waals surface area contributed by atoms with Gasteiger partial charge in [0.05, 0.1) is 12.7 Å². The van der Waals surface area contributed by atoms with E-state index in [2.05, 4.69) is 20.4 Å². The van der Waals surface area contributed by atoms with Crippen LogP contribution in [0.15, 0.2) is 73.1 Å². The molecular weight excluding hydrogens is 370 g/mol. The Balaban J connectivity index is 1.61. The number of pyridine rings is 1. The van der Waals surface area contributed by atoms with Gasteiger partial charge in [0.1, 0.15) is 0 Å². The Morgan fingerprint density at radius 1 is 0.862 bits per heavy atom. The second-order valence-electron chi connectivity index (χ2n) is 6.14. The number of hydrogen-bond acceptors (Lipinski definition) is 5. The molecule has 0 saturated heterocycles. The lowest BCUT2D eigenvalue weighted by molar-refractivity contribution is 0.0600. The molecule has 0 fully saturated rings. The Morgan fingerprint density at radius 2 is 1.52 bits per heavy atom. The molecule has 0 atom stereocenters. The molecule has 0 aliphatic rings.